The van der Waals surface area contributed by atoms with E-state index in [0.29, 0.717) is 31.6 Å². The van der Waals surface area contributed by atoms with Crippen molar-refractivity contribution in [2.45, 2.75) is 465 Å². The molecule has 0 heterocycles. The van der Waals surface area contributed by atoms with E-state index in [1.54, 1.807) is 0 Å². The Morgan fingerprint density at radius 2 is 0.442 bits per heavy atom. The van der Waals surface area contributed by atoms with Crippen LogP contribution in [-0.2, 0) is 65.4 Å². The van der Waals surface area contributed by atoms with E-state index in [2.05, 4.69) is 48.5 Å². The van der Waals surface area contributed by atoms with Crippen LogP contribution in [0.5, 0.6) is 0 Å². The molecule has 104 heavy (non-hydrogen) atoms. The molecule has 0 aliphatic heterocycles. The van der Waals surface area contributed by atoms with Crippen molar-refractivity contribution in [3.05, 3.63) is 0 Å². The molecule has 0 fully saturated rings. The molecule has 0 aromatic carbocycles. The van der Waals surface area contributed by atoms with Crippen molar-refractivity contribution in [3.8, 4) is 0 Å². The van der Waals surface area contributed by atoms with Gasteiger partial charge in [-0.05, 0) is 43.4 Å². The molecule has 19 heteroatoms. The minimum atomic E-state index is -4.97. The molecule has 618 valence electrons. The largest absolute Gasteiger partial charge is 0.472 e. The molecule has 5 atom stereocenters. The Morgan fingerprint density at radius 3 is 0.654 bits per heavy atom. The lowest BCUT2D eigenvalue weighted by atomic mass is 10.0. The van der Waals surface area contributed by atoms with Crippen LogP contribution in [-0.4, -0.2) is 96.7 Å². The predicted molar refractivity (Wildman–Crippen MR) is 428 cm³/mol. The molecule has 0 aromatic heterocycles. The van der Waals surface area contributed by atoms with Crippen molar-refractivity contribution >= 4 is 39.5 Å². The zero-order valence-corrected chi connectivity index (χ0v) is 70.3. The summed E-state index contributed by atoms with van der Waals surface area (Å²) in [6.07, 6.45) is 65.5. The molecule has 17 nitrogen and oxygen atoms in total. The van der Waals surface area contributed by atoms with Crippen LogP contribution in [0.3, 0.4) is 0 Å². The van der Waals surface area contributed by atoms with E-state index in [1.165, 1.54) is 250 Å². The fraction of sp³-hybridized carbons (Fsp3) is 0.953. The second-order valence-corrected chi connectivity index (χ2v) is 34.9. The quantitative estimate of drug-likeness (QED) is 0.0222. The van der Waals surface area contributed by atoms with Crippen LogP contribution in [0.25, 0.3) is 0 Å². The summed E-state index contributed by atoms with van der Waals surface area (Å²) in [5.74, 6) is 0.160. The van der Waals surface area contributed by atoms with E-state index in [-0.39, 0.29) is 25.7 Å². The molecule has 0 saturated carbocycles. The van der Waals surface area contributed by atoms with Crippen molar-refractivity contribution in [1.29, 1.82) is 0 Å². The van der Waals surface area contributed by atoms with Crippen molar-refractivity contribution < 1.29 is 80.2 Å². The number of aliphatic hydroxyl groups is 1. The number of unbranched alkanes of at least 4 members (excludes halogenated alkanes) is 51. The molecule has 0 radical (unpaired) electrons. The highest BCUT2D eigenvalue weighted by Gasteiger charge is 2.30. The zero-order valence-electron chi connectivity index (χ0n) is 68.5. The Hall–Kier alpha value is -1.94. The summed E-state index contributed by atoms with van der Waals surface area (Å²) < 4.78 is 68.8. The van der Waals surface area contributed by atoms with Crippen LogP contribution in [0.4, 0.5) is 0 Å². The Kier molecular flexibility index (Phi) is 73.7. The van der Waals surface area contributed by atoms with Gasteiger partial charge in [0.15, 0.2) is 12.2 Å². The molecular weight excluding hydrogens is 1350 g/mol. The molecule has 0 spiro atoms. The fourth-order valence-electron chi connectivity index (χ4n) is 13.2. The van der Waals surface area contributed by atoms with Gasteiger partial charge < -0.3 is 33.8 Å². The summed E-state index contributed by atoms with van der Waals surface area (Å²) in [7, 11) is -9.93. The van der Waals surface area contributed by atoms with Crippen molar-refractivity contribution in [1.82, 2.24) is 0 Å². The molecule has 0 aliphatic rings. The molecular formula is C85H166O17P2. The first kappa shape index (κ1) is 102. The fourth-order valence-corrected chi connectivity index (χ4v) is 14.8. The highest BCUT2D eigenvalue weighted by atomic mass is 31.2. The van der Waals surface area contributed by atoms with Gasteiger partial charge in [-0.1, -0.05) is 395 Å². The highest BCUT2D eigenvalue weighted by Crippen LogP contribution is 2.45. The van der Waals surface area contributed by atoms with Gasteiger partial charge in [-0.3, -0.25) is 37.3 Å². The first-order chi connectivity index (χ1) is 50.2. The lowest BCUT2D eigenvalue weighted by molar-refractivity contribution is -0.161. The van der Waals surface area contributed by atoms with Crippen LogP contribution < -0.4 is 0 Å². The predicted octanol–water partition coefficient (Wildman–Crippen LogP) is 25.7. The lowest BCUT2D eigenvalue weighted by Gasteiger charge is -2.21. The SMILES string of the molecule is CCCCCCCCCCCCCCCCCCCCCCCCC(=O)O[C@H](COC(=O)CCCCCCCCCCCCCCCCCCC(C)C)COP(=O)(O)OC[C@@H](O)COP(=O)(O)OC[C@@H](COC(=O)CCCCCCCCCC(C)C)OC(=O)CCCCCCCCCCCCC(C)C. The molecule has 3 N–H and O–H groups in total. The molecule has 0 bridgehead atoms. The van der Waals surface area contributed by atoms with Gasteiger partial charge in [0, 0.05) is 25.7 Å². The summed E-state index contributed by atoms with van der Waals surface area (Å²) in [5.41, 5.74) is 0. The Morgan fingerprint density at radius 1 is 0.260 bits per heavy atom. The van der Waals surface area contributed by atoms with Crippen LogP contribution in [0.1, 0.15) is 447 Å². The molecule has 0 aliphatic carbocycles. The van der Waals surface area contributed by atoms with Crippen LogP contribution in [0, 0.1) is 17.8 Å². The molecule has 0 aromatic rings. The number of phosphoric ester groups is 2. The number of carbonyl (C=O) groups is 4. The van der Waals surface area contributed by atoms with E-state index >= 15 is 0 Å². The highest BCUT2D eigenvalue weighted by molar-refractivity contribution is 7.47. The number of rotatable bonds is 83. The van der Waals surface area contributed by atoms with E-state index in [9.17, 15) is 43.2 Å². The number of hydrogen-bond donors (Lipinski definition) is 3. The maximum atomic E-state index is 13.1. The summed E-state index contributed by atoms with van der Waals surface area (Å²) in [4.78, 5) is 73.1. The van der Waals surface area contributed by atoms with Gasteiger partial charge >= 0.3 is 39.5 Å². The van der Waals surface area contributed by atoms with Crippen LogP contribution in [0.15, 0.2) is 0 Å². The van der Waals surface area contributed by atoms with Crippen LogP contribution >= 0.6 is 15.6 Å². The molecule has 0 amide bonds. The van der Waals surface area contributed by atoms with Gasteiger partial charge in [-0.2, -0.15) is 0 Å². The third-order valence-electron chi connectivity index (χ3n) is 19.9. The zero-order chi connectivity index (χ0) is 76.5. The first-order valence-corrected chi connectivity index (χ1v) is 46.8. The van der Waals surface area contributed by atoms with E-state index in [4.69, 9.17) is 37.0 Å². The van der Waals surface area contributed by atoms with Crippen LogP contribution in [0.2, 0.25) is 0 Å². The van der Waals surface area contributed by atoms with Crippen molar-refractivity contribution in [2.24, 2.45) is 17.8 Å². The Bertz CT molecular complexity index is 2010. The number of carbonyl (C=O) groups excluding carboxylic acids is 4. The monoisotopic (exact) mass is 1520 g/mol. The second-order valence-electron chi connectivity index (χ2n) is 32.0. The minimum absolute atomic E-state index is 0.105. The first-order valence-electron chi connectivity index (χ1n) is 43.8. The van der Waals surface area contributed by atoms with E-state index in [0.717, 1.165) is 108 Å². The normalized spacial score (nSPS) is 13.9. The van der Waals surface area contributed by atoms with Crippen molar-refractivity contribution in [3.63, 3.8) is 0 Å². The number of phosphoric acid groups is 2. The summed E-state index contributed by atoms with van der Waals surface area (Å²) in [6, 6.07) is 0. The number of ether oxygens (including phenoxy) is 4. The van der Waals surface area contributed by atoms with E-state index < -0.39 is 97.5 Å². The van der Waals surface area contributed by atoms with E-state index in [1.807, 2.05) is 0 Å². The Labute approximate surface area is 638 Å². The third-order valence-corrected chi connectivity index (χ3v) is 21.8. The van der Waals surface area contributed by atoms with Gasteiger partial charge in [0.05, 0.1) is 26.4 Å². The van der Waals surface area contributed by atoms with Gasteiger partial charge in [0.1, 0.15) is 19.3 Å². The van der Waals surface area contributed by atoms with Gasteiger partial charge in [-0.25, -0.2) is 9.13 Å². The minimum Gasteiger partial charge on any atom is -0.462 e. The summed E-state index contributed by atoms with van der Waals surface area (Å²) in [6.45, 7) is 11.9. The van der Waals surface area contributed by atoms with Gasteiger partial charge in [0.2, 0.25) is 0 Å². The summed E-state index contributed by atoms with van der Waals surface area (Å²) in [5, 5.41) is 10.7. The van der Waals surface area contributed by atoms with Gasteiger partial charge in [0.25, 0.3) is 0 Å². The molecule has 0 rings (SSSR count). The molecule has 0 saturated heterocycles. The van der Waals surface area contributed by atoms with Gasteiger partial charge in [-0.15, -0.1) is 0 Å². The maximum Gasteiger partial charge on any atom is 0.472 e. The smallest absolute Gasteiger partial charge is 0.462 e. The number of aliphatic hydroxyl groups excluding tert-OH is 1. The second kappa shape index (κ2) is 75.1. The Balaban J connectivity index is 5.21. The average molecular weight is 1520 g/mol. The number of hydrogen-bond acceptors (Lipinski definition) is 15. The lowest BCUT2D eigenvalue weighted by Crippen LogP contribution is -2.30. The molecule has 2 unspecified atom stereocenters. The topological polar surface area (TPSA) is 237 Å². The maximum absolute atomic E-state index is 13.1. The van der Waals surface area contributed by atoms with Crippen molar-refractivity contribution in [2.75, 3.05) is 39.6 Å². The summed E-state index contributed by atoms with van der Waals surface area (Å²) >= 11 is 0. The third kappa shape index (κ3) is 78.2. The number of esters is 4. The standard InChI is InChI=1S/C85H166O17P2/c1-8-9-10-11-12-13-14-15-16-17-18-19-20-21-22-27-30-33-39-46-54-61-68-84(89)101-80(72-95-82(87)66-59-52-45-38-32-29-26-24-23-25-28-31-36-42-49-56-63-76(2)3)74-99-103(91,92)97-70-79(86)71-98-104(93,94)100-75-81(73-96-83(88)67-60-53-48-41-44-51-58-65-78(6)7)102-85(90)69-62-55-47-40-35-34-37-43-50-57-64-77(4)5/h76-81,86H,8-75H2,1-7H3,(H,91,92)(H,93,94)/t79-,80-,81-/m1/s1. The average Bonchev–Trinajstić information content (AvgIpc) is 0.917.